The van der Waals surface area contributed by atoms with Crippen LogP contribution in [0.3, 0.4) is 0 Å². The first-order chi connectivity index (χ1) is 9.47. The fourth-order valence-electron chi connectivity index (χ4n) is 1.34. The number of nitrogens with zero attached hydrogens (tertiary/aromatic N) is 1. The minimum atomic E-state index is -1.28. The number of carbonyl (C=O) groups is 2. The van der Waals surface area contributed by atoms with Gasteiger partial charge in [0.15, 0.2) is 6.04 Å². The summed E-state index contributed by atoms with van der Waals surface area (Å²) >= 11 is 0. The number of nitriles is 1. The fraction of sp³-hybridized carbons (Fsp3) is 0.250. The number of carboxylic acid groups (broad SMARTS) is 1. The number of hydrogen-bond donors (Lipinski definition) is 3. The van der Waals surface area contributed by atoms with Gasteiger partial charge in [0.25, 0.3) is 0 Å². The van der Waals surface area contributed by atoms with E-state index in [0.717, 1.165) is 6.07 Å². The number of hydrogen-bond acceptors (Lipinski definition) is 4. The SMILES string of the molecule is COCC(NC(=O)Nc1ccc(C#N)cc1F)C(=O)O. The Morgan fingerprint density at radius 2 is 2.25 bits per heavy atom. The number of amides is 2. The number of carboxylic acids is 1. The summed E-state index contributed by atoms with van der Waals surface area (Å²) < 4.78 is 18.1. The van der Waals surface area contributed by atoms with Gasteiger partial charge in [0, 0.05) is 7.11 Å². The lowest BCUT2D eigenvalue weighted by molar-refractivity contribution is -0.140. The third-order valence-corrected chi connectivity index (χ3v) is 2.28. The van der Waals surface area contributed by atoms with Crippen LogP contribution in [0.2, 0.25) is 0 Å². The average molecular weight is 281 g/mol. The molecule has 7 nitrogen and oxygen atoms in total. The van der Waals surface area contributed by atoms with E-state index in [2.05, 4.69) is 15.4 Å². The van der Waals surface area contributed by atoms with Crippen LogP contribution in [-0.2, 0) is 9.53 Å². The molecular weight excluding hydrogens is 269 g/mol. The highest BCUT2D eigenvalue weighted by Crippen LogP contribution is 2.15. The van der Waals surface area contributed by atoms with Gasteiger partial charge < -0.3 is 20.5 Å². The van der Waals surface area contributed by atoms with Crippen molar-refractivity contribution in [2.24, 2.45) is 0 Å². The molecule has 0 fully saturated rings. The molecule has 0 bridgehead atoms. The van der Waals surface area contributed by atoms with Crippen molar-refractivity contribution in [1.82, 2.24) is 5.32 Å². The van der Waals surface area contributed by atoms with Crippen molar-refractivity contribution in [3.8, 4) is 6.07 Å². The first-order valence-electron chi connectivity index (χ1n) is 5.46. The second-order valence-electron chi connectivity index (χ2n) is 3.75. The molecule has 0 aliphatic rings. The van der Waals surface area contributed by atoms with Crippen molar-refractivity contribution in [2.45, 2.75) is 6.04 Å². The third kappa shape index (κ3) is 4.22. The van der Waals surface area contributed by atoms with Crippen LogP contribution in [0.25, 0.3) is 0 Å². The number of carbonyl (C=O) groups excluding carboxylic acids is 1. The van der Waals surface area contributed by atoms with Crippen LogP contribution in [0.4, 0.5) is 14.9 Å². The molecule has 0 spiro atoms. The highest BCUT2D eigenvalue weighted by molar-refractivity contribution is 5.92. The number of anilines is 1. The number of benzene rings is 1. The molecule has 0 aromatic heterocycles. The standard InChI is InChI=1S/C12H12FN3O4/c1-20-6-10(11(17)18)16-12(19)15-9-3-2-7(5-14)4-8(9)13/h2-4,10H,6H2,1H3,(H,17,18)(H2,15,16,19). The maximum atomic E-state index is 13.5. The van der Waals surface area contributed by atoms with Crippen molar-refractivity contribution in [3.63, 3.8) is 0 Å². The molecule has 1 aromatic carbocycles. The number of ether oxygens (including phenoxy) is 1. The van der Waals surface area contributed by atoms with Crippen LogP contribution in [-0.4, -0.2) is 36.9 Å². The summed E-state index contributed by atoms with van der Waals surface area (Å²) in [6.07, 6.45) is 0. The van der Waals surface area contributed by atoms with Gasteiger partial charge in [-0.2, -0.15) is 5.26 Å². The highest BCUT2D eigenvalue weighted by atomic mass is 19.1. The van der Waals surface area contributed by atoms with Gasteiger partial charge in [-0.05, 0) is 18.2 Å². The maximum Gasteiger partial charge on any atom is 0.328 e. The Bertz CT molecular complexity index is 556. The summed E-state index contributed by atoms with van der Waals surface area (Å²) in [5, 5.41) is 21.7. The van der Waals surface area contributed by atoms with Crippen molar-refractivity contribution in [1.29, 1.82) is 5.26 Å². The van der Waals surface area contributed by atoms with Gasteiger partial charge in [-0.15, -0.1) is 0 Å². The summed E-state index contributed by atoms with van der Waals surface area (Å²) in [6, 6.07) is 3.10. The van der Waals surface area contributed by atoms with E-state index in [9.17, 15) is 14.0 Å². The van der Waals surface area contributed by atoms with Gasteiger partial charge in [0.05, 0.1) is 23.9 Å². The zero-order valence-corrected chi connectivity index (χ0v) is 10.5. The second-order valence-corrected chi connectivity index (χ2v) is 3.75. The summed E-state index contributed by atoms with van der Waals surface area (Å²) in [5.74, 6) is -2.07. The monoisotopic (exact) mass is 281 g/mol. The predicted octanol–water partition coefficient (Wildman–Crippen LogP) is 0.918. The minimum Gasteiger partial charge on any atom is -0.480 e. The van der Waals surface area contributed by atoms with Crippen LogP contribution in [0.15, 0.2) is 18.2 Å². The summed E-state index contributed by atoms with van der Waals surface area (Å²) in [6.45, 7) is -0.224. The molecule has 20 heavy (non-hydrogen) atoms. The van der Waals surface area contributed by atoms with Crippen LogP contribution in [0.5, 0.6) is 0 Å². The first-order valence-corrected chi connectivity index (χ1v) is 5.46. The van der Waals surface area contributed by atoms with Gasteiger partial charge in [0.2, 0.25) is 0 Å². The van der Waals surface area contributed by atoms with E-state index >= 15 is 0 Å². The highest BCUT2D eigenvalue weighted by Gasteiger charge is 2.20. The Hall–Kier alpha value is -2.66. The number of urea groups is 1. The quantitative estimate of drug-likeness (QED) is 0.743. The fourth-order valence-corrected chi connectivity index (χ4v) is 1.34. The molecule has 0 aliphatic carbocycles. The zero-order chi connectivity index (χ0) is 15.1. The second kappa shape index (κ2) is 7.06. The number of rotatable bonds is 5. The Balaban J connectivity index is 2.71. The Morgan fingerprint density at radius 1 is 1.55 bits per heavy atom. The lowest BCUT2D eigenvalue weighted by Crippen LogP contribution is -2.45. The van der Waals surface area contributed by atoms with E-state index in [0.29, 0.717) is 0 Å². The normalized spacial score (nSPS) is 11.2. The number of aliphatic carboxylic acids is 1. The van der Waals surface area contributed by atoms with E-state index in [-0.39, 0.29) is 17.9 Å². The third-order valence-electron chi connectivity index (χ3n) is 2.28. The minimum absolute atomic E-state index is 0.108. The van der Waals surface area contributed by atoms with E-state index in [1.807, 2.05) is 0 Å². The van der Waals surface area contributed by atoms with Crippen molar-refractivity contribution in [2.75, 3.05) is 19.0 Å². The molecule has 1 atom stereocenters. The predicted molar refractivity (Wildman–Crippen MR) is 66.6 cm³/mol. The summed E-state index contributed by atoms with van der Waals surface area (Å²) in [7, 11) is 1.29. The molecule has 8 heteroatoms. The van der Waals surface area contributed by atoms with Crippen LogP contribution in [0, 0.1) is 17.1 Å². The molecule has 2 amide bonds. The lowest BCUT2D eigenvalue weighted by Gasteiger charge is -2.14. The van der Waals surface area contributed by atoms with E-state index in [1.165, 1.54) is 19.2 Å². The van der Waals surface area contributed by atoms with Crippen molar-refractivity contribution >= 4 is 17.7 Å². The number of halogens is 1. The van der Waals surface area contributed by atoms with E-state index in [1.54, 1.807) is 6.07 Å². The largest absolute Gasteiger partial charge is 0.480 e. The Morgan fingerprint density at radius 3 is 2.75 bits per heavy atom. The zero-order valence-electron chi connectivity index (χ0n) is 10.5. The molecule has 0 heterocycles. The number of methoxy groups -OCH3 is 1. The molecular formula is C12H12FN3O4. The molecule has 0 saturated heterocycles. The van der Waals surface area contributed by atoms with Crippen LogP contribution >= 0.6 is 0 Å². The van der Waals surface area contributed by atoms with E-state index in [4.69, 9.17) is 10.4 Å². The van der Waals surface area contributed by atoms with Crippen molar-refractivity contribution in [3.05, 3.63) is 29.6 Å². The molecule has 1 unspecified atom stereocenters. The first kappa shape index (κ1) is 15.4. The molecule has 106 valence electrons. The van der Waals surface area contributed by atoms with Gasteiger partial charge in [-0.25, -0.2) is 14.0 Å². The Labute approximate surface area is 114 Å². The lowest BCUT2D eigenvalue weighted by atomic mass is 10.2. The van der Waals surface area contributed by atoms with Gasteiger partial charge in [-0.1, -0.05) is 0 Å². The van der Waals surface area contributed by atoms with E-state index < -0.39 is 23.9 Å². The van der Waals surface area contributed by atoms with Crippen LogP contribution < -0.4 is 10.6 Å². The summed E-state index contributed by atoms with van der Waals surface area (Å²) in [5.41, 5.74) is -0.0562. The van der Waals surface area contributed by atoms with Gasteiger partial charge >= 0.3 is 12.0 Å². The topological polar surface area (TPSA) is 111 Å². The molecule has 0 radical (unpaired) electrons. The summed E-state index contributed by atoms with van der Waals surface area (Å²) in [4.78, 5) is 22.3. The van der Waals surface area contributed by atoms with Crippen LogP contribution in [0.1, 0.15) is 5.56 Å². The van der Waals surface area contributed by atoms with Crippen molar-refractivity contribution < 1.29 is 23.8 Å². The molecule has 0 aliphatic heterocycles. The maximum absolute atomic E-state index is 13.5. The Kier molecular flexibility index (Phi) is 5.43. The molecule has 1 aromatic rings. The van der Waals surface area contributed by atoms with Gasteiger partial charge in [-0.3, -0.25) is 0 Å². The smallest absolute Gasteiger partial charge is 0.328 e. The average Bonchev–Trinajstić information content (AvgIpc) is 2.40. The molecule has 3 N–H and O–H groups in total. The molecule has 0 saturated carbocycles. The number of nitrogens with one attached hydrogen (secondary N) is 2. The van der Waals surface area contributed by atoms with Gasteiger partial charge in [0.1, 0.15) is 5.82 Å². The molecule has 1 rings (SSSR count).